The van der Waals surface area contributed by atoms with Crippen LogP contribution in [0.5, 0.6) is 11.5 Å². The standard InChI is InChI=1S/C56H82N12O15/c1-3-46(70)58-19-20-61-55(80)63-54(57)60-18-8-17-56(2,53(79)62-36-41-13-15-44(69)16-14-41)64-52(78)51(42-9-5-4-6-10-42)43-11-7-12-45(35-43)83-34-33-82-32-31-81-30-21-59-47(71)37-65-22-24-66(38-48(72)73)26-28-68(40-50(76)77)29-27-67(25-23-65)39-49(74)75/h4-7,9-16,35,51,69H,3,8,17-34,36-40H2,1-2H3,(H,58,70)(H,59,71)(H,62,79)(H,64,78)(H,72,73)(H,74,75)(H,76,77)(H4,57,60,61,63,80)/t51-,56+/m1/s1. The van der Waals surface area contributed by atoms with E-state index in [-0.39, 0.29) is 168 Å². The summed E-state index contributed by atoms with van der Waals surface area (Å²) in [5.74, 6) is -5.02. The van der Waals surface area contributed by atoms with Crippen LogP contribution in [-0.2, 0) is 49.6 Å². The fourth-order valence-electron chi connectivity index (χ4n) is 8.67. The van der Waals surface area contributed by atoms with Crippen molar-refractivity contribution >= 4 is 53.5 Å². The molecule has 1 fully saturated rings. The van der Waals surface area contributed by atoms with Crippen molar-refractivity contribution in [3.63, 3.8) is 0 Å². The van der Waals surface area contributed by atoms with E-state index in [1.807, 2.05) is 35.2 Å². The van der Waals surface area contributed by atoms with Crippen LogP contribution in [0.4, 0.5) is 4.79 Å². The third-order valence-electron chi connectivity index (χ3n) is 13.1. The number of carbonyl (C=O) groups excluding carboxylic acids is 5. The van der Waals surface area contributed by atoms with E-state index in [1.54, 1.807) is 64.9 Å². The second-order valence-electron chi connectivity index (χ2n) is 19.8. The minimum Gasteiger partial charge on any atom is -0.508 e. The van der Waals surface area contributed by atoms with Crippen LogP contribution in [-0.4, -0.2) is 237 Å². The van der Waals surface area contributed by atoms with Crippen molar-refractivity contribution in [3.05, 3.63) is 95.6 Å². The zero-order valence-electron chi connectivity index (χ0n) is 47.4. The summed E-state index contributed by atoms with van der Waals surface area (Å²) in [5, 5.41) is 54.6. The number of ether oxygens (including phenoxy) is 3. The zero-order valence-corrected chi connectivity index (χ0v) is 47.4. The van der Waals surface area contributed by atoms with E-state index in [2.05, 4.69) is 36.9 Å². The van der Waals surface area contributed by atoms with Crippen molar-refractivity contribution in [2.75, 3.05) is 138 Å². The minimum absolute atomic E-state index is 0.0239. The molecule has 0 aliphatic carbocycles. The van der Waals surface area contributed by atoms with Crippen LogP contribution in [0.15, 0.2) is 83.9 Å². The molecule has 12 N–H and O–H groups in total. The van der Waals surface area contributed by atoms with Crippen LogP contribution in [0, 0.1) is 0 Å². The number of phenolic OH excluding ortho intramolecular Hbond substituents is 1. The van der Waals surface area contributed by atoms with Crippen LogP contribution in [0.25, 0.3) is 0 Å². The molecule has 2 atom stereocenters. The van der Waals surface area contributed by atoms with Gasteiger partial charge in [0.15, 0.2) is 5.96 Å². The summed E-state index contributed by atoms with van der Waals surface area (Å²) in [7, 11) is 0. The highest BCUT2D eigenvalue weighted by Gasteiger charge is 2.37. The van der Waals surface area contributed by atoms with E-state index < -0.39 is 47.2 Å². The normalized spacial score (nSPS) is 15.2. The number of nitrogens with two attached hydrogens (primary N) is 1. The summed E-state index contributed by atoms with van der Waals surface area (Å²) in [6.45, 7) is 6.60. The molecule has 1 heterocycles. The highest BCUT2D eigenvalue weighted by Crippen LogP contribution is 2.29. The number of carbonyl (C=O) groups is 8. The number of hydrogen-bond acceptors (Lipinski definition) is 17. The molecule has 0 unspecified atom stereocenters. The molecule has 27 nitrogen and oxygen atoms in total. The lowest BCUT2D eigenvalue weighted by Crippen LogP contribution is -2.57. The molecule has 3 aromatic carbocycles. The monoisotopic (exact) mass is 1160 g/mol. The Kier molecular flexibility index (Phi) is 30.3. The van der Waals surface area contributed by atoms with E-state index in [0.29, 0.717) is 36.4 Å². The number of aliphatic imine (C=N–C) groups is 1. The lowest BCUT2D eigenvalue weighted by Gasteiger charge is -2.32. The fourth-order valence-corrected chi connectivity index (χ4v) is 8.67. The number of hydrogen-bond donors (Lipinski definition) is 11. The number of carboxylic acid groups (broad SMARTS) is 3. The molecule has 0 aromatic heterocycles. The summed E-state index contributed by atoms with van der Waals surface area (Å²) in [6.07, 6.45) is 0.703. The number of aromatic hydroxyl groups is 1. The van der Waals surface area contributed by atoms with Crippen molar-refractivity contribution < 1.29 is 73.0 Å². The number of rotatable bonds is 33. The third-order valence-corrected chi connectivity index (χ3v) is 13.1. The van der Waals surface area contributed by atoms with Gasteiger partial charge in [-0.1, -0.05) is 61.5 Å². The molecule has 0 saturated carbocycles. The second-order valence-corrected chi connectivity index (χ2v) is 19.8. The minimum atomic E-state index is -1.47. The summed E-state index contributed by atoms with van der Waals surface area (Å²) < 4.78 is 17.4. The SMILES string of the molecule is CCC(=O)NCCNC(=O)NC(N)=NCCC[C@](C)(NC(=O)[C@H](c1ccccc1)c1cccc(OCCOCCOCCNC(=O)CN2CCN(CC(=O)O)CCN(CC(=O)O)CCN(CC(=O)O)CC2)c1)C(=O)NCc1ccc(O)cc1. The predicted octanol–water partition coefficient (Wildman–Crippen LogP) is -0.361. The van der Waals surface area contributed by atoms with Gasteiger partial charge in [-0.25, -0.2) is 4.79 Å². The van der Waals surface area contributed by atoms with Gasteiger partial charge in [-0.2, -0.15) is 0 Å². The van der Waals surface area contributed by atoms with Gasteiger partial charge in [-0.15, -0.1) is 0 Å². The number of nitrogens with zero attached hydrogens (tertiary/aromatic N) is 5. The predicted molar refractivity (Wildman–Crippen MR) is 306 cm³/mol. The van der Waals surface area contributed by atoms with Crippen molar-refractivity contribution in [2.24, 2.45) is 10.7 Å². The Morgan fingerprint density at radius 2 is 1.16 bits per heavy atom. The molecular weight excluding hydrogens is 1080 g/mol. The Bertz CT molecular complexity index is 2530. The van der Waals surface area contributed by atoms with Crippen molar-refractivity contribution in [1.29, 1.82) is 0 Å². The first-order chi connectivity index (χ1) is 39.8. The van der Waals surface area contributed by atoms with E-state index in [9.17, 15) is 58.8 Å². The molecule has 1 aliphatic heterocycles. The topological polar surface area (TPSA) is 369 Å². The van der Waals surface area contributed by atoms with Crippen LogP contribution in [0.2, 0.25) is 0 Å². The number of guanidine groups is 1. The number of amides is 6. The van der Waals surface area contributed by atoms with Gasteiger partial charge >= 0.3 is 23.9 Å². The largest absolute Gasteiger partial charge is 0.508 e. The molecule has 456 valence electrons. The first kappa shape index (κ1) is 67.6. The number of carboxylic acids is 3. The van der Waals surface area contributed by atoms with Crippen molar-refractivity contribution in [1.82, 2.24) is 51.5 Å². The Hall–Kier alpha value is -7.95. The molecular formula is C56H82N12O15. The first-order valence-corrected chi connectivity index (χ1v) is 27.6. The van der Waals surface area contributed by atoms with E-state index >= 15 is 0 Å². The van der Waals surface area contributed by atoms with Crippen molar-refractivity contribution in [3.8, 4) is 11.5 Å². The van der Waals surface area contributed by atoms with Gasteiger partial charge in [0.05, 0.1) is 58.5 Å². The average Bonchev–Trinajstić information content (AvgIpc) is 3.60. The summed E-state index contributed by atoms with van der Waals surface area (Å²) in [6, 6.07) is 21.9. The number of nitrogens with one attached hydrogen (secondary N) is 6. The third kappa shape index (κ3) is 27.6. The van der Waals surface area contributed by atoms with Gasteiger partial charge < -0.3 is 67.0 Å². The van der Waals surface area contributed by atoms with Gasteiger partial charge in [-0.05, 0) is 60.7 Å². The van der Waals surface area contributed by atoms with Crippen molar-refractivity contribution in [2.45, 2.75) is 51.1 Å². The van der Waals surface area contributed by atoms with Gasteiger partial charge in [0.2, 0.25) is 23.6 Å². The highest BCUT2D eigenvalue weighted by molar-refractivity contribution is 5.96. The quantitative estimate of drug-likeness (QED) is 0.0211. The zero-order chi connectivity index (χ0) is 60.4. The molecule has 83 heavy (non-hydrogen) atoms. The first-order valence-electron chi connectivity index (χ1n) is 27.6. The van der Waals surface area contributed by atoms with Gasteiger partial charge in [0.1, 0.15) is 23.6 Å². The average molecular weight is 1160 g/mol. The molecule has 3 aromatic rings. The van der Waals surface area contributed by atoms with E-state index in [0.717, 1.165) is 5.56 Å². The number of benzene rings is 3. The van der Waals surface area contributed by atoms with Gasteiger partial charge in [0, 0.05) is 91.5 Å². The number of aliphatic carboxylic acids is 3. The fraction of sp³-hybridized carbons (Fsp3) is 0.518. The lowest BCUT2D eigenvalue weighted by atomic mass is 9.87. The molecule has 1 saturated heterocycles. The molecule has 6 amide bonds. The molecule has 0 bridgehead atoms. The molecule has 1 aliphatic rings. The molecule has 0 radical (unpaired) electrons. The maximum atomic E-state index is 14.6. The van der Waals surface area contributed by atoms with Crippen LogP contribution >= 0.6 is 0 Å². The molecule has 4 rings (SSSR count). The molecule has 27 heteroatoms. The number of urea groups is 1. The number of phenols is 1. The Balaban J connectivity index is 1.28. The molecule has 0 spiro atoms. The second kappa shape index (κ2) is 37.2. The van der Waals surface area contributed by atoms with E-state index in [4.69, 9.17) is 19.9 Å². The maximum Gasteiger partial charge on any atom is 0.321 e. The highest BCUT2D eigenvalue weighted by atomic mass is 16.5. The maximum absolute atomic E-state index is 14.6. The Labute approximate surface area is 483 Å². The van der Waals surface area contributed by atoms with Crippen LogP contribution in [0.3, 0.4) is 0 Å². The Morgan fingerprint density at radius 1 is 0.627 bits per heavy atom. The van der Waals surface area contributed by atoms with E-state index in [1.165, 1.54) is 12.1 Å². The Morgan fingerprint density at radius 3 is 1.73 bits per heavy atom. The summed E-state index contributed by atoms with van der Waals surface area (Å²) >= 11 is 0. The van der Waals surface area contributed by atoms with Crippen LogP contribution < -0.4 is 42.4 Å². The summed E-state index contributed by atoms with van der Waals surface area (Å²) in [4.78, 5) is 111. The smallest absolute Gasteiger partial charge is 0.321 e. The van der Waals surface area contributed by atoms with Gasteiger partial charge in [0.25, 0.3) is 0 Å². The van der Waals surface area contributed by atoms with Crippen LogP contribution in [0.1, 0.15) is 55.7 Å². The lowest BCUT2D eigenvalue weighted by molar-refractivity contribution is -0.140. The van der Waals surface area contributed by atoms with Gasteiger partial charge in [-0.3, -0.25) is 63.5 Å². The summed E-state index contributed by atoms with van der Waals surface area (Å²) in [5.41, 5.74) is 6.45.